The smallest absolute Gasteiger partial charge is 0.338 e. The Balaban J connectivity index is 1.57. The first-order chi connectivity index (χ1) is 15.7. The summed E-state index contributed by atoms with van der Waals surface area (Å²) >= 11 is 1.29. The number of sulfonamides is 1. The van der Waals surface area contributed by atoms with E-state index in [1.165, 1.54) is 51.4 Å². The third-order valence-electron chi connectivity index (χ3n) is 5.56. The number of esters is 1. The molecule has 0 N–H and O–H groups in total. The van der Waals surface area contributed by atoms with Crippen molar-refractivity contribution in [1.82, 2.24) is 13.7 Å². The van der Waals surface area contributed by atoms with E-state index in [0.29, 0.717) is 23.7 Å². The van der Waals surface area contributed by atoms with Gasteiger partial charge in [-0.1, -0.05) is 13.8 Å². The zero-order chi connectivity index (χ0) is 23.8. The number of aromatic nitrogens is 2. The Hall–Kier alpha value is -2.76. The topological polar surface area (TPSA) is 107 Å². The van der Waals surface area contributed by atoms with Crippen molar-refractivity contribution < 1.29 is 22.7 Å². The summed E-state index contributed by atoms with van der Waals surface area (Å²) in [6, 6.07) is 5.48. The van der Waals surface area contributed by atoms with Gasteiger partial charge in [-0.15, -0.1) is 11.3 Å². The second-order valence-electron chi connectivity index (χ2n) is 8.35. The lowest BCUT2D eigenvalue weighted by Crippen LogP contribution is -2.42. The molecule has 1 fully saturated rings. The van der Waals surface area contributed by atoms with Gasteiger partial charge in [0.2, 0.25) is 10.0 Å². The number of hydrogen-bond donors (Lipinski definition) is 0. The molecule has 0 saturated carbocycles. The normalized spacial score (nSPS) is 19.5. The molecular weight excluding hydrogens is 466 g/mol. The first-order valence-corrected chi connectivity index (χ1v) is 12.8. The molecule has 2 atom stereocenters. The molecule has 2 unspecified atom stereocenters. The van der Waals surface area contributed by atoms with E-state index in [1.807, 2.05) is 13.8 Å². The van der Waals surface area contributed by atoms with Crippen molar-refractivity contribution >= 4 is 32.3 Å². The van der Waals surface area contributed by atoms with Gasteiger partial charge in [-0.05, 0) is 36.5 Å². The number of carbonyl (C=O) groups excluding carboxylic acids is 1. The fourth-order valence-corrected chi connectivity index (χ4v) is 6.73. The maximum Gasteiger partial charge on any atom is 0.338 e. The van der Waals surface area contributed by atoms with Crippen molar-refractivity contribution in [3.8, 4) is 5.75 Å². The highest BCUT2D eigenvalue weighted by molar-refractivity contribution is 7.89. The zero-order valence-electron chi connectivity index (χ0n) is 18.6. The summed E-state index contributed by atoms with van der Waals surface area (Å²) in [5.41, 5.74) is 0.116. The van der Waals surface area contributed by atoms with Crippen LogP contribution in [0.2, 0.25) is 0 Å². The van der Waals surface area contributed by atoms with Crippen molar-refractivity contribution in [1.29, 1.82) is 0 Å². The van der Waals surface area contributed by atoms with Gasteiger partial charge < -0.3 is 9.47 Å². The predicted octanol–water partition coefficient (Wildman–Crippen LogP) is 2.79. The van der Waals surface area contributed by atoms with Gasteiger partial charge in [-0.2, -0.15) is 4.31 Å². The Morgan fingerprint density at radius 2 is 1.94 bits per heavy atom. The molecule has 3 heterocycles. The molecule has 1 aliphatic rings. The van der Waals surface area contributed by atoms with Gasteiger partial charge in [0, 0.05) is 30.7 Å². The van der Waals surface area contributed by atoms with Crippen LogP contribution in [0.4, 0.5) is 0 Å². The minimum atomic E-state index is -3.87. The van der Waals surface area contributed by atoms with Crippen LogP contribution < -0.4 is 10.3 Å². The van der Waals surface area contributed by atoms with Gasteiger partial charge in [0.15, 0.2) is 4.96 Å². The Morgan fingerprint density at radius 3 is 2.64 bits per heavy atom. The van der Waals surface area contributed by atoms with Crippen LogP contribution in [-0.2, 0) is 21.4 Å². The highest BCUT2D eigenvalue weighted by atomic mass is 32.2. The van der Waals surface area contributed by atoms with Crippen molar-refractivity contribution in [3.05, 3.63) is 57.5 Å². The van der Waals surface area contributed by atoms with Crippen LogP contribution in [0.25, 0.3) is 4.96 Å². The maximum atomic E-state index is 13.4. The van der Waals surface area contributed by atoms with Crippen molar-refractivity contribution in [2.45, 2.75) is 31.8 Å². The molecule has 4 rings (SSSR count). The summed E-state index contributed by atoms with van der Waals surface area (Å²) in [7, 11) is -2.48. The minimum Gasteiger partial charge on any atom is -0.495 e. The number of ether oxygens (including phenoxy) is 2. The molecule has 0 spiro atoms. The number of nitrogens with zero attached hydrogens (tertiary/aromatic N) is 3. The zero-order valence-corrected chi connectivity index (χ0v) is 20.2. The van der Waals surface area contributed by atoms with Gasteiger partial charge in [-0.25, -0.2) is 18.2 Å². The highest BCUT2D eigenvalue weighted by Crippen LogP contribution is 2.32. The molecule has 33 heavy (non-hydrogen) atoms. The van der Waals surface area contributed by atoms with Crippen molar-refractivity contribution in [2.75, 3.05) is 20.2 Å². The first kappa shape index (κ1) is 23.4. The van der Waals surface area contributed by atoms with E-state index >= 15 is 0 Å². The molecule has 0 aliphatic carbocycles. The van der Waals surface area contributed by atoms with Gasteiger partial charge >= 0.3 is 5.97 Å². The summed E-state index contributed by atoms with van der Waals surface area (Å²) in [5, 5.41) is 1.74. The van der Waals surface area contributed by atoms with Crippen molar-refractivity contribution in [3.63, 3.8) is 0 Å². The maximum absolute atomic E-state index is 13.4. The van der Waals surface area contributed by atoms with Crippen LogP contribution >= 0.6 is 11.3 Å². The molecule has 11 heteroatoms. The van der Waals surface area contributed by atoms with E-state index in [4.69, 9.17) is 9.47 Å². The van der Waals surface area contributed by atoms with Crippen LogP contribution in [0.5, 0.6) is 5.75 Å². The summed E-state index contributed by atoms with van der Waals surface area (Å²) in [4.78, 5) is 29.5. The van der Waals surface area contributed by atoms with Crippen LogP contribution in [0.1, 0.15) is 36.3 Å². The molecule has 0 bridgehead atoms. The lowest BCUT2D eigenvalue weighted by molar-refractivity contribution is 0.0467. The number of methoxy groups -OCH3 is 1. The number of rotatable bonds is 6. The van der Waals surface area contributed by atoms with Crippen LogP contribution in [0.15, 0.2) is 45.5 Å². The molecule has 1 saturated heterocycles. The number of fused-ring (bicyclic) bond motifs is 1. The predicted molar refractivity (Wildman–Crippen MR) is 123 cm³/mol. The number of thiazole rings is 1. The average Bonchev–Trinajstić information content (AvgIpc) is 3.25. The van der Waals surface area contributed by atoms with Crippen LogP contribution in [0, 0.1) is 11.8 Å². The third-order valence-corrected chi connectivity index (χ3v) is 8.17. The number of hydrogen-bond acceptors (Lipinski definition) is 8. The van der Waals surface area contributed by atoms with Gasteiger partial charge in [0.1, 0.15) is 17.3 Å². The summed E-state index contributed by atoms with van der Waals surface area (Å²) in [6.45, 7) is 4.67. The molecule has 1 aliphatic heterocycles. The lowest BCUT2D eigenvalue weighted by Gasteiger charge is -2.34. The second kappa shape index (κ2) is 9.24. The third kappa shape index (κ3) is 4.80. The fraction of sp³-hybridized carbons (Fsp3) is 0.409. The molecule has 9 nitrogen and oxygen atoms in total. The minimum absolute atomic E-state index is 0.0707. The SMILES string of the molecule is COc1ccc(C(=O)OCc2cc(=O)n3ccsc3n2)cc1S(=O)(=O)N1CC(C)CC(C)C1. The summed E-state index contributed by atoms with van der Waals surface area (Å²) < 4.78 is 40.2. The van der Waals surface area contributed by atoms with E-state index in [-0.39, 0.29) is 40.2 Å². The average molecular weight is 492 g/mol. The largest absolute Gasteiger partial charge is 0.495 e. The van der Waals surface area contributed by atoms with E-state index in [1.54, 1.807) is 11.6 Å². The standard InChI is InChI=1S/C22H25N3O6S2/c1-14-8-15(2)12-24(11-14)33(28,29)19-9-16(4-5-18(19)30-3)21(27)31-13-17-10-20(26)25-6-7-32-22(25)23-17/h4-7,9-10,14-15H,8,11-13H2,1-3H3. The molecule has 2 aromatic heterocycles. The summed E-state index contributed by atoms with van der Waals surface area (Å²) in [5.74, 6) is -0.0854. The quantitative estimate of drug-likeness (QED) is 0.488. The van der Waals surface area contributed by atoms with Crippen LogP contribution in [0.3, 0.4) is 0 Å². The van der Waals surface area contributed by atoms with Crippen molar-refractivity contribution in [2.24, 2.45) is 11.8 Å². The lowest BCUT2D eigenvalue weighted by atomic mass is 9.94. The molecule has 176 valence electrons. The molecule has 1 aromatic carbocycles. The molecule has 0 amide bonds. The monoisotopic (exact) mass is 491 g/mol. The van der Waals surface area contributed by atoms with E-state index < -0.39 is 16.0 Å². The molecule has 0 radical (unpaired) electrons. The Bertz CT molecular complexity index is 1340. The number of carbonyl (C=O) groups is 1. The van der Waals surface area contributed by atoms with E-state index in [0.717, 1.165) is 6.42 Å². The highest BCUT2D eigenvalue weighted by Gasteiger charge is 2.34. The molecular formula is C22H25N3O6S2. The Morgan fingerprint density at radius 1 is 1.21 bits per heavy atom. The van der Waals surface area contributed by atoms with Crippen LogP contribution in [-0.4, -0.2) is 48.3 Å². The molecule has 3 aromatic rings. The van der Waals surface area contributed by atoms with Gasteiger partial charge in [-0.3, -0.25) is 9.20 Å². The fourth-order valence-electron chi connectivity index (χ4n) is 4.13. The van der Waals surface area contributed by atoms with Gasteiger partial charge in [0.05, 0.1) is 18.4 Å². The number of piperidine rings is 1. The summed E-state index contributed by atoms with van der Waals surface area (Å²) in [6.07, 6.45) is 2.58. The van der Waals surface area contributed by atoms with E-state index in [2.05, 4.69) is 4.98 Å². The number of benzene rings is 1. The van der Waals surface area contributed by atoms with E-state index in [9.17, 15) is 18.0 Å². The Labute approximate surface area is 195 Å². The second-order valence-corrected chi connectivity index (χ2v) is 11.1. The Kier molecular flexibility index (Phi) is 6.55. The first-order valence-electron chi connectivity index (χ1n) is 10.5. The van der Waals surface area contributed by atoms with Gasteiger partial charge in [0.25, 0.3) is 5.56 Å².